The Bertz CT molecular complexity index is 175. The van der Waals surface area contributed by atoms with Gasteiger partial charge < -0.3 is 0 Å². The van der Waals surface area contributed by atoms with Crippen molar-refractivity contribution in [2.45, 2.75) is 96.8 Å². The maximum atomic E-state index is 11.8. The van der Waals surface area contributed by atoms with Gasteiger partial charge in [-0.1, -0.05) is 76.9 Å². The summed E-state index contributed by atoms with van der Waals surface area (Å²) >= 11 is 0. The summed E-state index contributed by atoms with van der Waals surface area (Å²) in [5.74, 6) is 0. The third kappa shape index (κ3) is 17.7. The predicted molar refractivity (Wildman–Crippen MR) is 85.4 cm³/mol. The highest BCUT2D eigenvalue weighted by Gasteiger charge is 1.90. The Morgan fingerprint density at radius 3 is 1.47 bits per heavy atom. The lowest BCUT2D eigenvalue weighted by Gasteiger charge is -1.99. The number of unbranched alkanes of at least 4 members (excludes halogenated alkanes) is 12. The zero-order chi connectivity index (χ0) is 14.0. The van der Waals surface area contributed by atoms with Gasteiger partial charge in [0.1, 0.15) is 0 Å². The minimum absolute atomic E-state index is 0.138. The topological polar surface area (TPSA) is 0 Å². The molecule has 114 valence electrons. The molecule has 0 aliphatic carbocycles. The van der Waals surface area contributed by atoms with Gasteiger partial charge in [-0.05, 0) is 32.1 Å². The van der Waals surface area contributed by atoms with Gasteiger partial charge in [-0.25, -0.2) is 0 Å². The number of hydrogen-bond donors (Lipinski definition) is 0. The molecule has 0 unspecified atom stereocenters. The van der Waals surface area contributed by atoms with Crippen molar-refractivity contribution in [2.75, 3.05) is 6.67 Å². The third-order valence-corrected chi connectivity index (χ3v) is 3.65. The summed E-state index contributed by atoms with van der Waals surface area (Å²) in [6, 6.07) is 0. The van der Waals surface area contributed by atoms with E-state index in [4.69, 9.17) is 0 Å². The lowest BCUT2D eigenvalue weighted by atomic mass is 10.1. The van der Waals surface area contributed by atoms with Crippen LogP contribution in [0.4, 0.5) is 4.39 Å². The Hall–Kier alpha value is -0.330. The fourth-order valence-electron chi connectivity index (χ4n) is 2.34. The van der Waals surface area contributed by atoms with Crippen LogP contribution in [0.1, 0.15) is 96.8 Å². The van der Waals surface area contributed by atoms with Crippen molar-refractivity contribution in [3.05, 3.63) is 12.2 Å². The standard InChI is InChI=1S/C18H35F/c1-2-3-4-5-6-7-8-9-10-11-12-13-14-15-16-17-18-19/h9-10H,2-8,11-18H2,1H3/b10-9+. The molecule has 1 heteroatoms. The van der Waals surface area contributed by atoms with Gasteiger partial charge in [-0.2, -0.15) is 0 Å². The van der Waals surface area contributed by atoms with Crippen molar-refractivity contribution >= 4 is 0 Å². The minimum atomic E-state index is -0.138. The molecule has 0 spiro atoms. The molecule has 0 radical (unpaired) electrons. The van der Waals surface area contributed by atoms with Crippen molar-refractivity contribution in [3.8, 4) is 0 Å². The second-order valence-corrected chi connectivity index (χ2v) is 5.63. The molecule has 0 bridgehead atoms. The molecule has 0 heterocycles. The smallest absolute Gasteiger partial charge is 0.0894 e. The first kappa shape index (κ1) is 18.7. The third-order valence-electron chi connectivity index (χ3n) is 3.65. The van der Waals surface area contributed by atoms with Gasteiger partial charge in [-0.15, -0.1) is 0 Å². The monoisotopic (exact) mass is 270 g/mol. The molecule has 19 heavy (non-hydrogen) atoms. The Kier molecular flexibility index (Phi) is 17.4. The SMILES string of the molecule is CCCCCCCC/C=C/CCCCCCCCF. The van der Waals surface area contributed by atoms with E-state index in [0.717, 1.165) is 12.8 Å². The van der Waals surface area contributed by atoms with Gasteiger partial charge in [0.25, 0.3) is 0 Å². The van der Waals surface area contributed by atoms with E-state index in [1.807, 2.05) is 0 Å². The van der Waals surface area contributed by atoms with E-state index in [1.165, 1.54) is 77.0 Å². The van der Waals surface area contributed by atoms with Crippen LogP contribution < -0.4 is 0 Å². The number of alkyl halides is 1. The van der Waals surface area contributed by atoms with Gasteiger partial charge in [-0.3, -0.25) is 4.39 Å². The lowest BCUT2D eigenvalue weighted by Crippen LogP contribution is -1.81. The van der Waals surface area contributed by atoms with Crippen LogP contribution >= 0.6 is 0 Å². The summed E-state index contributed by atoms with van der Waals surface area (Å²) < 4.78 is 11.8. The molecule has 0 atom stereocenters. The number of rotatable bonds is 15. The second kappa shape index (κ2) is 17.7. The summed E-state index contributed by atoms with van der Waals surface area (Å²) in [6.45, 7) is 2.13. The van der Waals surface area contributed by atoms with Crippen molar-refractivity contribution in [1.82, 2.24) is 0 Å². The van der Waals surface area contributed by atoms with E-state index >= 15 is 0 Å². The molecule has 0 aromatic rings. The zero-order valence-electron chi connectivity index (χ0n) is 13.1. The molecule has 0 saturated carbocycles. The molecular formula is C18H35F. The minimum Gasteiger partial charge on any atom is -0.251 e. The summed E-state index contributed by atoms with van der Waals surface area (Å²) in [6.07, 6.45) is 22.5. The van der Waals surface area contributed by atoms with E-state index in [0.29, 0.717) is 0 Å². The fourth-order valence-corrected chi connectivity index (χ4v) is 2.34. The summed E-state index contributed by atoms with van der Waals surface area (Å²) in [5, 5.41) is 0. The summed E-state index contributed by atoms with van der Waals surface area (Å²) in [5.41, 5.74) is 0. The molecule has 0 aromatic carbocycles. The average molecular weight is 270 g/mol. The summed E-state index contributed by atoms with van der Waals surface area (Å²) in [7, 11) is 0. The number of hydrogen-bond acceptors (Lipinski definition) is 0. The van der Waals surface area contributed by atoms with Crippen LogP contribution in [-0.2, 0) is 0 Å². The van der Waals surface area contributed by atoms with Crippen molar-refractivity contribution < 1.29 is 4.39 Å². The van der Waals surface area contributed by atoms with Gasteiger partial charge >= 0.3 is 0 Å². The van der Waals surface area contributed by atoms with Crippen LogP contribution in [0, 0.1) is 0 Å². The van der Waals surface area contributed by atoms with Crippen LogP contribution in [0.3, 0.4) is 0 Å². The van der Waals surface area contributed by atoms with Crippen LogP contribution in [0.15, 0.2) is 12.2 Å². The first-order valence-corrected chi connectivity index (χ1v) is 8.62. The molecule has 0 rings (SSSR count). The highest BCUT2D eigenvalue weighted by atomic mass is 19.1. The van der Waals surface area contributed by atoms with E-state index < -0.39 is 0 Å². The maximum Gasteiger partial charge on any atom is 0.0894 e. The fraction of sp³-hybridized carbons (Fsp3) is 0.889. The Morgan fingerprint density at radius 1 is 0.579 bits per heavy atom. The summed E-state index contributed by atoms with van der Waals surface area (Å²) in [4.78, 5) is 0. The van der Waals surface area contributed by atoms with Gasteiger partial charge in [0.2, 0.25) is 0 Å². The molecule has 0 nitrogen and oxygen atoms in total. The Morgan fingerprint density at radius 2 is 1.00 bits per heavy atom. The lowest BCUT2D eigenvalue weighted by molar-refractivity contribution is 0.450. The van der Waals surface area contributed by atoms with E-state index in [1.54, 1.807) is 0 Å². The van der Waals surface area contributed by atoms with E-state index in [2.05, 4.69) is 19.1 Å². The Balaban J connectivity index is 3.01. The van der Waals surface area contributed by atoms with Crippen LogP contribution in [0.5, 0.6) is 0 Å². The van der Waals surface area contributed by atoms with Crippen molar-refractivity contribution in [3.63, 3.8) is 0 Å². The van der Waals surface area contributed by atoms with Gasteiger partial charge in [0, 0.05) is 0 Å². The van der Waals surface area contributed by atoms with Crippen molar-refractivity contribution in [1.29, 1.82) is 0 Å². The maximum absolute atomic E-state index is 11.8. The largest absolute Gasteiger partial charge is 0.251 e. The predicted octanol–water partition coefficient (Wildman–Crippen LogP) is 6.99. The van der Waals surface area contributed by atoms with Crippen LogP contribution in [0.2, 0.25) is 0 Å². The Labute approximate surface area is 120 Å². The molecule has 0 amide bonds. The first-order valence-electron chi connectivity index (χ1n) is 8.62. The van der Waals surface area contributed by atoms with Crippen LogP contribution in [-0.4, -0.2) is 6.67 Å². The van der Waals surface area contributed by atoms with Gasteiger partial charge in [0.15, 0.2) is 0 Å². The van der Waals surface area contributed by atoms with E-state index in [9.17, 15) is 4.39 Å². The molecule has 0 saturated heterocycles. The molecule has 0 aliphatic heterocycles. The molecule has 0 aliphatic rings. The molecule has 0 N–H and O–H groups in total. The number of halogens is 1. The van der Waals surface area contributed by atoms with Crippen LogP contribution in [0.25, 0.3) is 0 Å². The zero-order valence-corrected chi connectivity index (χ0v) is 13.1. The van der Waals surface area contributed by atoms with Crippen molar-refractivity contribution in [2.24, 2.45) is 0 Å². The van der Waals surface area contributed by atoms with Gasteiger partial charge in [0.05, 0.1) is 6.67 Å². The molecule has 0 aromatic heterocycles. The molecule has 0 fully saturated rings. The second-order valence-electron chi connectivity index (χ2n) is 5.63. The first-order chi connectivity index (χ1) is 9.41. The number of allylic oxidation sites excluding steroid dienone is 2. The molecular weight excluding hydrogens is 235 g/mol. The highest BCUT2D eigenvalue weighted by molar-refractivity contribution is 4.81. The van der Waals surface area contributed by atoms with E-state index in [-0.39, 0.29) is 6.67 Å². The average Bonchev–Trinajstić information content (AvgIpc) is 2.43. The normalized spacial score (nSPS) is 11.5. The highest BCUT2D eigenvalue weighted by Crippen LogP contribution is 2.09. The quantitative estimate of drug-likeness (QED) is 0.222.